The lowest BCUT2D eigenvalue weighted by Gasteiger charge is -2.30. The number of aryl methyl sites for hydroxylation is 2. The lowest BCUT2D eigenvalue weighted by atomic mass is 9.98. The number of carbonyl (C=O) groups excluding carboxylic acids is 1. The number of nitrogens with one attached hydrogen (secondary N) is 1. The van der Waals surface area contributed by atoms with E-state index < -0.39 is 10.0 Å². The van der Waals surface area contributed by atoms with Crippen LogP contribution in [0.3, 0.4) is 0 Å². The van der Waals surface area contributed by atoms with Crippen molar-refractivity contribution in [3.05, 3.63) is 41.9 Å². The molecule has 8 heteroatoms. The lowest BCUT2D eigenvalue weighted by Crippen LogP contribution is -2.43. The molecule has 152 valence electrons. The molecule has 28 heavy (non-hydrogen) atoms. The maximum Gasteiger partial charge on any atom is 0.262 e. The molecule has 0 spiro atoms. The number of aromatic nitrogens is 2. The highest BCUT2D eigenvalue weighted by Gasteiger charge is 2.34. The summed E-state index contributed by atoms with van der Waals surface area (Å²) in [6.45, 7) is 8.53. The summed E-state index contributed by atoms with van der Waals surface area (Å²) in [7, 11) is -3.70. The molecule has 1 fully saturated rings. The second kappa shape index (κ2) is 8.05. The lowest BCUT2D eigenvalue weighted by molar-refractivity contribution is -0.120. The first-order valence-electron chi connectivity index (χ1n) is 9.60. The Hall–Kier alpha value is -2.19. The summed E-state index contributed by atoms with van der Waals surface area (Å²) in [5.41, 5.74) is 3.00. The van der Waals surface area contributed by atoms with E-state index in [1.165, 1.54) is 10.6 Å². The van der Waals surface area contributed by atoms with Crippen molar-refractivity contribution in [1.29, 1.82) is 0 Å². The zero-order valence-electron chi connectivity index (χ0n) is 16.8. The van der Waals surface area contributed by atoms with Crippen LogP contribution in [0.25, 0.3) is 0 Å². The van der Waals surface area contributed by atoms with Gasteiger partial charge in [0.1, 0.15) is 0 Å². The van der Waals surface area contributed by atoms with Crippen molar-refractivity contribution >= 4 is 21.6 Å². The summed E-state index contributed by atoms with van der Waals surface area (Å²) in [5.74, 6) is -0.520. The summed E-state index contributed by atoms with van der Waals surface area (Å²) in [6, 6.07) is 5.90. The average Bonchev–Trinajstić information content (AvgIpc) is 3.16. The van der Waals surface area contributed by atoms with Crippen molar-refractivity contribution in [2.24, 2.45) is 5.92 Å². The molecule has 0 unspecified atom stereocenters. The maximum atomic E-state index is 13.0. The number of hydrogen-bond acceptors (Lipinski definition) is 4. The molecule has 2 heterocycles. The van der Waals surface area contributed by atoms with Crippen molar-refractivity contribution in [1.82, 2.24) is 13.9 Å². The number of amides is 1. The second-order valence-corrected chi connectivity index (χ2v) is 9.63. The Morgan fingerprint density at radius 3 is 2.64 bits per heavy atom. The monoisotopic (exact) mass is 404 g/mol. The van der Waals surface area contributed by atoms with Gasteiger partial charge < -0.3 is 9.88 Å². The molecule has 0 radical (unpaired) electrons. The van der Waals surface area contributed by atoms with Crippen molar-refractivity contribution in [2.75, 3.05) is 18.4 Å². The van der Waals surface area contributed by atoms with Gasteiger partial charge >= 0.3 is 0 Å². The van der Waals surface area contributed by atoms with Crippen LogP contribution in [-0.4, -0.2) is 41.3 Å². The van der Waals surface area contributed by atoms with E-state index in [1.54, 1.807) is 10.8 Å². The van der Waals surface area contributed by atoms with Gasteiger partial charge in [-0.2, -0.15) is 4.31 Å². The van der Waals surface area contributed by atoms with E-state index in [1.807, 2.05) is 45.9 Å². The summed E-state index contributed by atoms with van der Waals surface area (Å²) < 4.78 is 29.0. The van der Waals surface area contributed by atoms with Gasteiger partial charge in [0, 0.05) is 31.0 Å². The fourth-order valence-corrected chi connectivity index (χ4v) is 4.75. The van der Waals surface area contributed by atoms with Crippen LogP contribution in [0.2, 0.25) is 0 Å². The van der Waals surface area contributed by atoms with E-state index in [4.69, 9.17) is 0 Å². The summed E-state index contributed by atoms with van der Waals surface area (Å²) in [4.78, 5) is 16.8. The summed E-state index contributed by atoms with van der Waals surface area (Å²) >= 11 is 0. The normalized spacial score (nSPS) is 18.4. The van der Waals surface area contributed by atoms with Crippen LogP contribution < -0.4 is 5.32 Å². The van der Waals surface area contributed by atoms with Gasteiger partial charge in [0.05, 0.1) is 12.2 Å². The predicted octanol–water partition coefficient (Wildman–Crippen LogP) is 3.12. The number of carbonyl (C=O) groups is 1. The van der Waals surface area contributed by atoms with Gasteiger partial charge in [-0.3, -0.25) is 4.79 Å². The smallest absolute Gasteiger partial charge is 0.262 e. The molecule has 1 N–H and O–H groups in total. The zero-order chi connectivity index (χ0) is 20.5. The molecule has 1 aliphatic rings. The Bertz CT molecular complexity index is 966. The molecule has 1 saturated heterocycles. The molecule has 0 aliphatic carbocycles. The van der Waals surface area contributed by atoms with Crippen LogP contribution in [-0.2, 0) is 14.8 Å². The fourth-order valence-electron chi connectivity index (χ4n) is 3.30. The molecule has 1 amide bonds. The molecular formula is C20H28N4O3S. The highest BCUT2D eigenvalue weighted by atomic mass is 32.2. The molecule has 1 aliphatic heterocycles. The van der Waals surface area contributed by atoms with Gasteiger partial charge in [-0.05, 0) is 63.8 Å². The van der Waals surface area contributed by atoms with Gasteiger partial charge in [-0.25, -0.2) is 13.4 Å². The number of hydrogen-bond donors (Lipinski definition) is 1. The quantitative estimate of drug-likeness (QED) is 0.830. The number of rotatable bonds is 5. The predicted molar refractivity (Wildman–Crippen MR) is 109 cm³/mol. The first kappa shape index (κ1) is 20.5. The Morgan fingerprint density at radius 2 is 2.00 bits per heavy atom. The van der Waals surface area contributed by atoms with Crippen molar-refractivity contribution in [3.8, 4) is 0 Å². The maximum absolute atomic E-state index is 13.0. The number of benzene rings is 1. The van der Waals surface area contributed by atoms with E-state index in [0.29, 0.717) is 19.4 Å². The zero-order valence-corrected chi connectivity index (χ0v) is 17.7. The highest BCUT2D eigenvalue weighted by molar-refractivity contribution is 7.89. The number of anilines is 1. The Balaban J connectivity index is 1.71. The third-order valence-electron chi connectivity index (χ3n) is 5.31. The van der Waals surface area contributed by atoms with Crippen molar-refractivity contribution in [2.45, 2.75) is 51.6 Å². The molecular weight excluding hydrogens is 376 g/mol. The first-order valence-corrected chi connectivity index (χ1v) is 11.0. The second-order valence-electron chi connectivity index (χ2n) is 7.74. The minimum Gasteiger partial charge on any atom is -0.334 e. The largest absolute Gasteiger partial charge is 0.334 e. The van der Waals surface area contributed by atoms with Gasteiger partial charge in [-0.15, -0.1) is 0 Å². The Morgan fingerprint density at radius 1 is 1.25 bits per heavy atom. The SMILES string of the molecule is Cc1ccc(NC(=O)[C@H]2CCCN(S(=O)(=O)c3cn(C(C)C)cn3)C2)cc1C. The van der Waals surface area contributed by atoms with Crippen LogP contribution in [0.1, 0.15) is 43.9 Å². The first-order chi connectivity index (χ1) is 13.2. The van der Waals surface area contributed by atoms with Crippen LogP contribution in [0.15, 0.2) is 35.7 Å². The van der Waals surface area contributed by atoms with E-state index in [0.717, 1.165) is 16.8 Å². The molecule has 1 atom stereocenters. The summed E-state index contributed by atoms with van der Waals surface area (Å²) in [5, 5.41) is 2.97. The highest BCUT2D eigenvalue weighted by Crippen LogP contribution is 2.25. The van der Waals surface area contributed by atoms with Gasteiger partial charge in [0.15, 0.2) is 5.03 Å². The van der Waals surface area contributed by atoms with E-state index in [2.05, 4.69) is 10.3 Å². The van der Waals surface area contributed by atoms with Crippen LogP contribution in [0.5, 0.6) is 0 Å². The van der Waals surface area contributed by atoms with E-state index in [9.17, 15) is 13.2 Å². The number of imidazole rings is 1. The van der Waals surface area contributed by atoms with E-state index in [-0.39, 0.29) is 29.4 Å². The van der Waals surface area contributed by atoms with Crippen molar-refractivity contribution in [3.63, 3.8) is 0 Å². The molecule has 7 nitrogen and oxygen atoms in total. The average molecular weight is 405 g/mol. The van der Waals surface area contributed by atoms with Gasteiger partial charge in [0.2, 0.25) is 5.91 Å². The molecule has 0 bridgehead atoms. The van der Waals surface area contributed by atoms with Gasteiger partial charge in [0.25, 0.3) is 10.0 Å². The molecule has 1 aromatic carbocycles. The Kier molecular flexibility index (Phi) is 5.90. The molecule has 1 aromatic heterocycles. The van der Waals surface area contributed by atoms with Crippen LogP contribution in [0.4, 0.5) is 5.69 Å². The fraction of sp³-hybridized carbons (Fsp3) is 0.500. The number of nitrogens with zero attached hydrogens (tertiary/aromatic N) is 3. The van der Waals surface area contributed by atoms with Gasteiger partial charge in [-0.1, -0.05) is 6.07 Å². The summed E-state index contributed by atoms with van der Waals surface area (Å²) in [6.07, 6.45) is 4.41. The minimum atomic E-state index is -3.70. The van der Waals surface area contributed by atoms with E-state index >= 15 is 0 Å². The standard InChI is InChI=1S/C20H28N4O3S/c1-14(2)23-12-19(21-13-23)28(26,27)24-9-5-6-17(11-24)20(25)22-18-8-7-15(3)16(4)10-18/h7-8,10,12-14,17H,5-6,9,11H2,1-4H3,(H,22,25)/t17-/m0/s1. The van der Waals surface area contributed by atoms with Crippen LogP contribution in [0, 0.1) is 19.8 Å². The number of sulfonamides is 1. The Labute approximate surface area is 166 Å². The number of piperidine rings is 1. The van der Waals surface area contributed by atoms with Crippen LogP contribution >= 0.6 is 0 Å². The third kappa shape index (κ3) is 4.28. The topological polar surface area (TPSA) is 84.3 Å². The molecule has 3 rings (SSSR count). The minimum absolute atomic E-state index is 0.0383. The third-order valence-corrected chi connectivity index (χ3v) is 7.06. The molecule has 0 saturated carbocycles. The molecule has 2 aromatic rings. The van der Waals surface area contributed by atoms with Crippen molar-refractivity contribution < 1.29 is 13.2 Å².